The Hall–Kier alpha value is -3.33. The summed E-state index contributed by atoms with van der Waals surface area (Å²) in [6.45, 7) is 1.25. The van der Waals surface area contributed by atoms with Crippen LogP contribution >= 0.6 is 0 Å². The van der Waals surface area contributed by atoms with Crippen molar-refractivity contribution in [2.24, 2.45) is 5.16 Å². The zero-order chi connectivity index (χ0) is 19.8. The molecule has 1 aromatic carbocycles. The molecule has 0 saturated heterocycles. The highest BCUT2D eigenvalue weighted by Gasteiger charge is 2.27. The monoisotopic (exact) mass is 373 g/mol. The van der Waals surface area contributed by atoms with Crippen molar-refractivity contribution >= 4 is 17.7 Å². The second kappa shape index (κ2) is 9.39. The third-order valence-corrected chi connectivity index (χ3v) is 3.57. The average Bonchev–Trinajstić information content (AvgIpc) is 2.66. The van der Waals surface area contributed by atoms with Gasteiger partial charge < -0.3 is 19.3 Å². The van der Waals surface area contributed by atoms with E-state index in [0.717, 1.165) is 0 Å². The van der Waals surface area contributed by atoms with Crippen LogP contribution in [0.1, 0.15) is 29.8 Å². The third-order valence-electron chi connectivity index (χ3n) is 3.57. The summed E-state index contributed by atoms with van der Waals surface area (Å²) in [6.07, 6.45) is 1.30. The molecule has 0 saturated carbocycles. The van der Waals surface area contributed by atoms with Crippen LogP contribution < -0.4 is 5.56 Å². The van der Waals surface area contributed by atoms with Gasteiger partial charge in [0.2, 0.25) is 0 Å². The average molecular weight is 373 g/mol. The van der Waals surface area contributed by atoms with Gasteiger partial charge in [0.1, 0.15) is 5.92 Å². The van der Waals surface area contributed by atoms with Crippen LogP contribution in [0, 0.1) is 0 Å². The summed E-state index contributed by atoms with van der Waals surface area (Å²) in [5.74, 6) is -1.83. The van der Waals surface area contributed by atoms with Crippen LogP contribution in [-0.4, -0.2) is 48.4 Å². The van der Waals surface area contributed by atoms with Gasteiger partial charge in [-0.2, -0.15) is 0 Å². The Morgan fingerprint density at radius 1 is 1.22 bits per heavy atom. The number of nitrogens with one attached hydrogen (secondary N) is 1. The Labute approximate surface area is 155 Å². The molecule has 0 radical (unpaired) electrons. The van der Waals surface area contributed by atoms with Crippen molar-refractivity contribution in [2.45, 2.75) is 12.8 Å². The van der Waals surface area contributed by atoms with Crippen molar-refractivity contribution in [3.05, 3.63) is 63.8 Å². The fourth-order valence-corrected chi connectivity index (χ4v) is 2.43. The predicted octanol–water partition coefficient (Wildman–Crippen LogP) is 0.988. The number of carbonyl (C=O) groups excluding carboxylic acids is 2. The second-order valence-corrected chi connectivity index (χ2v) is 5.42. The fraction of sp³-hybridized carbons (Fsp3) is 0.278. The van der Waals surface area contributed by atoms with E-state index in [1.807, 2.05) is 0 Å². The van der Waals surface area contributed by atoms with E-state index in [4.69, 9.17) is 14.3 Å². The maximum absolute atomic E-state index is 12.2. The van der Waals surface area contributed by atoms with E-state index < -0.39 is 23.4 Å². The van der Waals surface area contributed by atoms with Gasteiger partial charge >= 0.3 is 11.9 Å². The van der Waals surface area contributed by atoms with Crippen molar-refractivity contribution in [3.8, 4) is 0 Å². The molecule has 1 aromatic heterocycles. The minimum absolute atomic E-state index is 0.0588. The molecule has 0 aliphatic rings. The molecule has 0 bridgehead atoms. The Bertz CT molecular complexity index is 906. The number of oxime groups is 1. The molecule has 1 unspecified atom stereocenters. The van der Waals surface area contributed by atoms with Crippen molar-refractivity contribution < 1.29 is 23.9 Å². The summed E-state index contributed by atoms with van der Waals surface area (Å²) in [7, 11) is 2.74. The molecule has 1 heterocycles. The molecule has 142 valence electrons. The van der Waals surface area contributed by atoms with Gasteiger partial charge in [0.25, 0.3) is 5.56 Å². The molecule has 0 fully saturated rings. The molecule has 2 aromatic rings. The minimum atomic E-state index is -0.755. The Morgan fingerprint density at radius 2 is 1.96 bits per heavy atom. The van der Waals surface area contributed by atoms with Gasteiger partial charge in [-0.1, -0.05) is 29.4 Å². The molecule has 1 N–H and O–H groups in total. The summed E-state index contributed by atoms with van der Waals surface area (Å²) in [6, 6.07) is 8.04. The summed E-state index contributed by atoms with van der Waals surface area (Å²) in [5.41, 5.74) is 0.627. The van der Waals surface area contributed by atoms with E-state index in [1.165, 1.54) is 33.4 Å². The first-order valence-electron chi connectivity index (χ1n) is 7.95. The van der Waals surface area contributed by atoms with E-state index in [-0.39, 0.29) is 18.1 Å². The number of aromatic amines is 1. The number of benzene rings is 1. The van der Waals surface area contributed by atoms with Crippen LogP contribution in [-0.2, 0) is 23.9 Å². The number of aromatic nitrogens is 2. The van der Waals surface area contributed by atoms with Gasteiger partial charge in [-0.05, 0) is 5.56 Å². The molecular weight excluding hydrogens is 354 g/mol. The van der Waals surface area contributed by atoms with Crippen LogP contribution in [0.25, 0.3) is 0 Å². The van der Waals surface area contributed by atoms with Crippen LogP contribution in [0.2, 0.25) is 0 Å². The maximum atomic E-state index is 12.2. The number of nitrogens with zero attached hydrogens (tertiary/aromatic N) is 2. The number of ether oxygens (including phenoxy) is 2. The van der Waals surface area contributed by atoms with Gasteiger partial charge in [0.15, 0.2) is 11.5 Å². The predicted molar refractivity (Wildman–Crippen MR) is 95.3 cm³/mol. The number of esters is 1. The number of carbonyl (C=O) groups is 2. The van der Waals surface area contributed by atoms with Crippen LogP contribution in [0.15, 0.2) is 46.5 Å². The van der Waals surface area contributed by atoms with Gasteiger partial charge in [-0.25, -0.2) is 9.78 Å². The molecule has 0 spiro atoms. The van der Waals surface area contributed by atoms with E-state index in [9.17, 15) is 14.4 Å². The van der Waals surface area contributed by atoms with Crippen molar-refractivity contribution in [1.82, 2.24) is 9.97 Å². The first kappa shape index (κ1) is 20.0. The molecule has 9 heteroatoms. The van der Waals surface area contributed by atoms with Gasteiger partial charge in [0.05, 0.1) is 13.7 Å². The molecule has 9 nitrogen and oxygen atoms in total. The topological polar surface area (TPSA) is 120 Å². The standard InChI is InChI=1S/C18H19N3O6/c1-11(22)27-21-16(17-19-9-8-15(23)20-17)13-7-5-4-6-12(13)14(10-25-2)18(24)26-3/h4-9,14H,10H2,1-3H3,(H,19,20,23). The molecule has 0 aliphatic carbocycles. The van der Waals surface area contributed by atoms with Crippen molar-refractivity contribution in [2.75, 3.05) is 20.8 Å². The van der Waals surface area contributed by atoms with E-state index >= 15 is 0 Å². The number of rotatable bonds is 7. The zero-order valence-corrected chi connectivity index (χ0v) is 15.1. The highest BCUT2D eigenvalue weighted by molar-refractivity contribution is 6.12. The minimum Gasteiger partial charge on any atom is -0.468 e. The van der Waals surface area contributed by atoms with Crippen LogP contribution in [0.4, 0.5) is 0 Å². The summed E-state index contributed by atoms with van der Waals surface area (Å²) in [5, 5.41) is 3.83. The molecule has 27 heavy (non-hydrogen) atoms. The number of hydrogen-bond acceptors (Lipinski definition) is 8. The lowest BCUT2D eigenvalue weighted by Gasteiger charge is -2.18. The zero-order valence-electron chi connectivity index (χ0n) is 15.1. The molecule has 0 aliphatic heterocycles. The smallest absolute Gasteiger partial charge is 0.332 e. The maximum Gasteiger partial charge on any atom is 0.332 e. The molecule has 0 amide bonds. The van der Waals surface area contributed by atoms with Gasteiger partial charge in [0, 0.05) is 31.9 Å². The lowest BCUT2D eigenvalue weighted by Crippen LogP contribution is -2.23. The Kier molecular flexibility index (Phi) is 6.95. The van der Waals surface area contributed by atoms with E-state index in [1.54, 1.807) is 24.3 Å². The number of hydrogen-bond donors (Lipinski definition) is 1. The first-order chi connectivity index (χ1) is 13.0. The van der Waals surface area contributed by atoms with Gasteiger partial charge in [-0.3, -0.25) is 9.59 Å². The first-order valence-corrected chi connectivity index (χ1v) is 7.95. The van der Waals surface area contributed by atoms with Gasteiger partial charge in [-0.15, -0.1) is 0 Å². The number of H-pyrrole nitrogens is 1. The van der Waals surface area contributed by atoms with E-state index in [2.05, 4.69) is 15.1 Å². The largest absolute Gasteiger partial charge is 0.468 e. The lowest BCUT2D eigenvalue weighted by atomic mass is 9.92. The molecule has 1 atom stereocenters. The SMILES string of the molecule is COCC(C(=O)OC)c1ccccc1C(=NOC(C)=O)c1nccc(=O)[nH]1. The number of methoxy groups -OCH3 is 2. The summed E-state index contributed by atoms with van der Waals surface area (Å²) < 4.78 is 10.00. The summed E-state index contributed by atoms with van der Waals surface area (Å²) >= 11 is 0. The Balaban J connectivity index is 2.66. The lowest BCUT2D eigenvalue weighted by molar-refractivity contribution is -0.144. The highest BCUT2D eigenvalue weighted by Crippen LogP contribution is 2.24. The fourth-order valence-electron chi connectivity index (χ4n) is 2.43. The third kappa shape index (κ3) is 5.08. The summed E-state index contributed by atoms with van der Waals surface area (Å²) in [4.78, 5) is 46.5. The van der Waals surface area contributed by atoms with Crippen LogP contribution in [0.5, 0.6) is 0 Å². The molecule has 2 rings (SSSR count). The Morgan fingerprint density at radius 3 is 2.59 bits per heavy atom. The van der Waals surface area contributed by atoms with Crippen molar-refractivity contribution in [3.63, 3.8) is 0 Å². The normalized spacial score (nSPS) is 12.3. The quantitative estimate of drug-likeness (QED) is 0.332. The van der Waals surface area contributed by atoms with E-state index in [0.29, 0.717) is 11.1 Å². The van der Waals surface area contributed by atoms with Crippen molar-refractivity contribution in [1.29, 1.82) is 0 Å². The highest BCUT2D eigenvalue weighted by atomic mass is 16.7. The molecular formula is C18H19N3O6. The van der Waals surface area contributed by atoms with Crippen LogP contribution in [0.3, 0.4) is 0 Å². The second-order valence-electron chi connectivity index (χ2n) is 5.42.